The number of carbonyl (C=O) groups is 2. The third kappa shape index (κ3) is 3.40. The van der Waals surface area contributed by atoms with E-state index in [1.54, 1.807) is 24.3 Å². The largest absolute Gasteiger partial charge is 0.489 e. The Hall–Kier alpha value is -3.80. The van der Waals surface area contributed by atoms with Gasteiger partial charge in [-0.05, 0) is 42.5 Å². The Bertz CT molecular complexity index is 1020. The molecule has 140 valence electrons. The predicted molar refractivity (Wildman–Crippen MR) is 108 cm³/mol. The molecule has 3 N–H and O–H groups in total. The minimum absolute atomic E-state index is 0.151. The van der Waals surface area contributed by atoms with Crippen LogP contribution in [0.5, 0.6) is 5.75 Å². The van der Waals surface area contributed by atoms with E-state index in [1.807, 2.05) is 59.5 Å². The highest BCUT2D eigenvalue weighted by molar-refractivity contribution is 6.00. The standard InChI is InChI=1S/C22H19N3O3/c23-21(26)15-7-6-10-17(13-15)25(16-8-2-1-3-9-16)19-14-28-20-12-5-4-11-18(20)24-22(19)27/h1-13,19H,14H2,(H2,23,26)(H,24,27)/t19-/m0/s1. The number of amides is 2. The second-order valence-corrected chi connectivity index (χ2v) is 6.43. The first-order chi connectivity index (χ1) is 13.6. The van der Waals surface area contributed by atoms with Crippen molar-refractivity contribution in [1.29, 1.82) is 0 Å². The van der Waals surface area contributed by atoms with Gasteiger partial charge < -0.3 is 20.7 Å². The predicted octanol–water partition coefficient (Wildman–Crippen LogP) is 3.32. The maximum Gasteiger partial charge on any atom is 0.251 e. The summed E-state index contributed by atoms with van der Waals surface area (Å²) in [6.07, 6.45) is 0. The lowest BCUT2D eigenvalue weighted by Gasteiger charge is -2.31. The lowest BCUT2D eigenvalue weighted by Crippen LogP contribution is -2.44. The fraction of sp³-hybridized carbons (Fsp3) is 0.0909. The van der Waals surface area contributed by atoms with Gasteiger partial charge in [0.2, 0.25) is 5.91 Å². The van der Waals surface area contributed by atoms with Crippen molar-refractivity contribution in [2.75, 3.05) is 16.8 Å². The number of ether oxygens (including phenoxy) is 1. The summed E-state index contributed by atoms with van der Waals surface area (Å²) < 4.78 is 5.92. The zero-order valence-electron chi connectivity index (χ0n) is 15.0. The summed E-state index contributed by atoms with van der Waals surface area (Å²) in [7, 11) is 0. The summed E-state index contributed by atoms with van der Waals surface area (Å²) in [6.45, 7) is 0.151. The molecule has 0 spiro atoms. The highest BCUT2D eigenvalue weighted by Crippen LogP contribution is 2.33. The van der Waals surface area contributed by atoms with Crippen molar-refractivity contribution < 1.29 is 14.3 Å². The second kappa shape index (κ2) is 7.44. The van der Waals surface area contributed by atoms with E-state index in [1.165, 1.54) is 0 Å². The van der Waals surface area contributed by atoms with Gasteiger partial charge >= 0.3 is 0 Å². The molecule has 0 saturated carbocycles. The zero-order chi connectivity index (χ0) is 19.5. The van der Waals surface area contributed by atoms with E-state index in [2.05, 4.69) is 5.32 Å². The van der Waals surface area contributed by atoms with E-state index in [0.717, 1.165) is 5.69 Å². The molecule has 4 rings (SSSR count). The number of hydrogen-bond acceptors (Lipinski definition) is 4. The van der Waals surface area contributed by atoms with Crippen LogP contribution in [0, 0.1) is 0 Å². The van der Waals surface area contributed by atoms with Crippen LogP contribution in [0.2, 0.25) is 0 Å². The minimum atomic E-state index is -0.641. The van der Waals surface area contributed by atoms with Crippen LogP contribution >= 0.6 is 0 Å². The van der Waals surface area contributed by atoms with Crippen molar-refractivity contribution in [1.82, 2.24) is 0 Å². The summed E-state index contributed by atoms with van der Waals surface area (Å²) in [5, 5.41) is 2.93. The fourth-order valence-electron chi connectivity index (χ4n) is 3.25. The summed E-state index contributed by atoms with van der Waals surface area (Å²) in [4.78, 5) is 26.6. The number of benzene rings is 3. The van der Waals surface area contributed by atoms with Crippen molar-refractivity contribution >= 4 is 28.9 Å². The summed E-state index contributed by atoms with van der Waals surface area (Å²) >= 11 is 0. The molecule has 0 saturated heterocycles. The molecule has 1 aliphatic rings. The van der Waals surface area contributed by atoms with E-state index in [-0.39, 0.29) is 12.5 Å². The summed E-state index contributed by atoms with van der Waals surface area (Å²) in [5.74, 6) is -0.0978. The van der Waals surface area contributed by atoms with Gasteiger partial charge in [0, 0.05) is 16.9 Å². The Kier molecular flexibility index (Phi) is 4.68. The molecule has 3 aromatic carbocycles. The van der Waals surface area contributed by atoms with Gasteiger partial charge in [0.15, 0.2) is 0 Å². The third-order valence-electron chi connectivity index (χ3n) is 4.60. The van der Waals surface area contributed by atoms with Gasteiger partial charge in [-0.2, -0.15) is 0 Å². The maximum absolute atomic E-state index is 13.1. The van der Waals surface area contributed by atoms with Crippen LogP contribution in [0.4, 0.5) is 17.1 Å². The first-order valence-corrected chi connectivity index (χ1v) is 8.90. The molecule has 2 amide bonds. The van der Waals surface area contributed by atoms with Gasteiger partial charge in [-0.1, -0.05) is 36.4 Å². The molecule has 28 heavy (non-hydrogen) atoms. The Labute approximate surface area is 162 Å². The molecule has 1 heterocycles. The van der Waals surface area contributed by atoms with Gasteiger partial charge in [-0.15, -0.1) is 0 Å². The number of nitrogens with zero attached hydrogens (tertiary/aromatic N) is 1. The smallest absolute Gasteiger partial charge is 0.251 e. The molecule has 3 aromatic rings. The molecule has 1 atom stereocenters. The van der Waals surface area contributed by atoms with Crippen LogP contribution in [-0.4, -0.2) is 24.5 Å². The van der Waals surface area contributed by atoms with Crippen molar-refractivity contribution in [3.05, 3.63) is 84.4 Å². The minimum Gasteiger partial charge on any atom is -0.489 e. The molecule has 0 radical (unpaired) electrons. The quantitative estimate of drug-likeness (QED) is 0.735. The molecule has 6 heteroatoms. The molecule has 0 unspecified atom stereocenters. The summed E-state index contributed by atoms with van der Waals surface area (Å²) in [6, 6.07) is 23.1. The van der Waals surface area contributed by atoms with Gasteiger partial charge in [0.05, 0.1) is 5.69 Å². The number of para-hydroxylation sites is 3. The van der Waals surface area contributed by atoms with Crippen LogP contribution < -0.4 is 20.7 Å². The number of carbonyl (C=O) groups excluding carboxylic acids is 2. The highest BCUT2D eigenvalue weighted by Gasteiger charge is 2.31. The van der Waals surface area contributed by atoms with Crippen LogP contribution in [0.15, 0.2) is 78.9 Å². The van der Waals surface area contributed by atoms with Crippen LogP contribution in [0.3, 0.4) is 0 Å². The lowest BCUT2D eigenvalue weighted by atomic mass is 10.1. The number of nitrogens with two attached hydrogens (primary N) is 1. The first-order valence-electron chi connectivity index (χ1n) is 8.90. The zero-order valence-corrected chi connectivity index (χ0v) is 15.0. The second-order valence-electron chi connectivity index (χ2n) is 6.43. The normalized spacial score (nSPS) is 15.6. The van der Waals surface area contributed by atoms with Crippen molar-refractivity contribution in [3.63, 3.8) is 0 Å². The van der Waals surface area contributed by atoms with E-state index >= 15 is 0 Å². The lowest BCUT2D eigenvalue weighted by molar-refractivity contribution is -0.117. The third-order valence-corrected chi connectivity index (χ3v) is 4.60. The number of fused-ring (bicyclic) bond motifs is 1. The Morgan fingerprint density at radius 1 is 0.964 bits per heavy atom. The van der Waals surface area contributed by atoms with Crippen molar-refractivity contribution in [2.45, 2.75) is 6.04 Å². The monoisotopic (exact) mass is 373 g/mol. The molecular weight excluding hydrogens is 354 g/mol. The Balaban J connectivity index is 1.77. The average Bonchev–Trinajstić information content (AvgIpc) is 2.88. The highest BCUT2D eigenvalue weighted by atomic mass is 16.5. The molecule has 6 nitrogen and oxygen atoms in total. The number of anilines is 3. The van der Waals surface area contributed by atoms with E-state index in [9.17, 15) is 9.59 Å². The van der Waals surface area contributed by atoms with E-state index in [4.69, 9.17) is 10.5 Å². The van der Waals surface area contributed by atoms with Crippen molar-refractivity contribution in [3.8, 4) is 5.75 Å². The molecule has 0 bridgehead atoms. The Morgan fingerprint density at radius 3 is 2.46 bits per heavy atom. The van der Waals surface area contributed by atoms with E-state index in [0.29, 0.717) is 22.7 Å². The number of primary amides is 1. The number of hydrogen-bond donors (Lipinski definition) is 2. The van der Waals surface area contributed by atoms with Crippen LogP contribution in [-0.2, 0) is 4.79 Å². The number of nitrogens with one attached hydrogen (secondary N) is 1. The van der Waals surface area contributed by atoms with Crippen molar-refractivity contribution in [2.24, 2.45) is 5.73 Å². The molecular formula is C22H19N3O3. The van der Waals surface area contributed by atoms with Gasteiger partial charge in [-0.25, -0.2) is 0 Å². The topological polar surface area (TPSA) is 84.7 Å². The Morgan fingerprint density at radius 2 is 1.68 bits per heavy atom. The summed E-state index contributed by atoms with van der Waals surface area (Å²) in [5.41, 5.74) is 7.94. The van der Waals surface area contributed by atoms with Crippen LogP contribution in [0.1, 0.15) is 10.4 Å². The first kappa shape index (κ1) is 17.6. The number of rotatable bonds is 4. The molecule has 0 aliphatic carbocycles. The van der Waals surface area contributed by atoms with Gasteiger partial charge in [0.1, 0.15) is 18.4 Å². The average molecular weight is 373 g/mol. The molecule has 1 aliphatic heterocycles. The molecule has 0 aromatic heterocycles. The SMILES string of the molecule is NC(=O)c1cccc(N(c2ccccc2)[C@H]2COc3ccccc3NC2=O)c1. The van der Waals surface area contributed by atoms with Crippen LogP contribution in [0.25, 0.3) is 0 Å². The maximum atomic E-state index is 13.1. The fourth-order valence-corrected chi connectivity index (χ4v) is 3.25. The molecule has 0 fully saturated rings. The van der Waals surface area contributed by atoms with Gasteiger partial charge in [-0.3, -0.25) is 9.59 Å². The van der Waals surface area contributed by atoms with Gasteiger partial charge in [0.25, 0.3) is 5.91 Å². The van der Waals surface area contributed by atoms with E-state index < -0.39 is 11.9 Å².